The van der Waals surface area contributed by atoms with Crippen LogP contribution in [0, 0.1) is 0 Å². The second kappa shape index (κ2) is 4.28. The molecule has 1 aromatic heterocycles. The fraction of sp³-hybridized carbons (Fsp3) is 0.300. The van der Waals surface area contributed by atoms with E-state index >= 15 is 0 Å². The molecule has 0 spiro atoms. The summed E-state index contributed by atoms with van der Waals surface area (Å²) in [5.41, 5.74) is 6.99. The third-order valence-corrected chi connectivity index (χ3v) is 2.24. The molecule has 0 bridgehead atoms. The Bertz CT molecular complexity index is 417. The molecule has 1 aromatic rings. The van der Waals surface area contributed by atoms with Crippen LogP contribution in [0.5, 0.6) is 0 Å². The van der Waals surface area contributed by atoms with Crippen molar-refractivity contribution in [2.45, 2.75) is 6.54 Å². The van der Waals surface area contributed by atoms with Gasteiger partial charge in [0, 0.05) is 18.4 Å². The van der Waals surface area contributed by atoms with Gasteiger partial charge < -0.3 is 5.73 Å². The maximum absolute atomic E-state index is 11.1. The summed E-state index contributed by atoms with van der Waals surface area (Å²) in [6.45, 7) is 0.870. The molecule has 6 nitrogen and oxygen atoms in total. The summed E-state index contributed by atoms with van der Waals surface area (Å²) in [6, 6.07) is 3.43. The lowest BCUT2D eigenvalue weighted by atomic mass is 10.2. The Balaban J connectivity index is 2.04. The van der Waals surface area contributed by atoms with Crippen LogP contribution in [0.25, 0.3) is 0 Å². The second-order valence-corrected chi connectivity index (χ2v) is 3.70. The SMILES string of the molecule is Nc1ccnc(CN2CC(=O)NC(=O)C2)c1. The fourth-order valence-corrected chi connectivity index (χ4v) is 1.62. The van der Waals surface area contributed by atoms with E-state index in [2.05, 4.69) is 10.3 Å². The summed E-state index contributed by atoms with van der Waals surface area (Å²) < 4.78 is 0. The average Bonchev–Trinajstić information content (AvgIpc) is 2.15. The third kappa shape index (κ3) is 2.54. The summed E-state index contributed by atoms with van der Waals surface area (Å²) in [7, 11) is 0. The summed E-state index contributed by atoms with van der Waals surface area (Å²) in [6.07, 6.45) is 1.61. The number of nitrogens with zero attached hydrogens (tertiary/aromatic N) is 2. The first kappa shape index (κ1) is 10.6. The molecule has 0 aromatic carbocycles. The van der Waals surface area contributed by atoms with E-state index in [1.165, 1.54) is 0 Å². The molecule has 0 radical (unpaired) electrons. The minimum Gasteiger partial charge on any atom is -0.399 e. The normalized spacial score (nSPS) is 17.2. The number of rotatable bonds is 2. The van der Waals surface area contributed by atoms with Crippen molar-refractivity contribution in [1.29, 1.82) is 0 Å². The van der Waals surface area contributed by atoms with Crippen molar-refractivity contribution in [3.8, 4) is 0 Å². The number of aromatic nitrogens is 1. The number of nitrogens with two attached hydrogens (primary N) is 1. The van der Waals surface area contributed by atoms with Gasteiger partial charge in [-0.1, -0.05) is 0 Å². The molecule has 0 unspecified atom stereocenters. The molecule has 84 valence electrons. The molecule has 0 aliphatic carbocycles. The van der Waals surface area contributed by atoms with Crippen molar-refractivity contribution < 1.29 is 9.59 Å². The minimum absolute atomic E-state index is 0.211. The highest BCUT2D eigenvalue weighted by Crippen LogP contribution is 2.07. The number of anilines is 1. The standard InChI is InChI=1S/C10H12N4O2/c11-7-1-2-12-8(3-7)4-14-5-9(15)13-10(16)6-14/h1-3H,4-6H2,(H2,11,12)(H,13,15,16). The van der Waals surface area contributed by atoms with Crippen LogP contribution in [0.3, 0.4) is 0 Å². The van der Waals surface area contributed by atoms with E-state index in [0.717, 1.165) is 5.69 Å². The van der Waals surface area contributed by atoms with Crippen molar-refractivity contribution >= 4 is 17.5 Å². The number of nitrogen functional groups attached to an aromatic ring is 1. The van der Waals surface area contributed by atoms with Gasteiger partial charge in [0.15, 0.2) is 0 Å². The van der Waals surface area contributed by atoms with Gasteiger partial charge in [-0.15, -0.1) is 0 Å². The van der Waals surface area contributed by atoms with Crippen molar-refractivity contribution in [2.24, 2.45) is 0 Å². The zero-order valence-corrected chi connectivity index (χ0v) is 8.64. The Morgan fingerprint density at radius 3 is 2.69 bits per heavy atom. The Kier molecular flexibility index (Phi) is 2.82. The molecule has 1 aliphatic heterocycles. The topological polar surface area (TPSA) is 88.3 Å². The molecule has 16 heavy (non-hydrogen) atoms. The molecule has 2 heterocycles. The number of piperazine rings is 1. The average molecular weight is 220 g/mol. The van der Waals surface area contributed by atoms with Crippen LogP contribution < -0.4 is 11.1 Å². The Morgan fingerprint density at radius 1 is 1.38 bits per heavy atom. The number of pyridine rings is 1. The number of hydrogen-bond acceptors (Lipinski definition) is 5. The lowest BCUT2D eigenvalue weighted by Gasteiger charge is -2.24. The maximum Gasteiger partial charge on any atom is 0.240 e. The number of carbonyl (C=O) groups excluding carboxylic acids is 2. The summed E-state index contributed by atoms with van der Waals surface area (Å²) >= 11 is 0. The van der Waals surface area contributed by atoms with E-state index < -0.39 is 0 Å². The van der Waals surface area contributed by atoms with Gasteiger partial charge in [-0.05, 0) is 12.1 Å². The zero-order valence-electron chi connectivity index (χ0n) is 8.64. The van der Waals surface area contributed by atoms with Gasteiger partial charge in [0.25, 0.3) is 0 Å². The predicted molar refractivity (Wildman–Crippen MR) is 57.1 cm³/mol. The Hall–Kier alpha value is -1.95. The molecule has 6 heteroatoms. The van der Waals surface area contributed by atoms with Crippen LogP contribution in [-0.2, 0) is 16.1 Å². The van der Waals surface area contributed by atoms with Crippen molar-refractivity contribution in [1.82, 2.24) is 15.2 Å². The molecule has 1 aliphatic rings. The summed E-state index contributed by atoms with van der Waals surface area (Å²) in [5, 5.41) is 2.24. The van der Waals surface area contributed by atoms with E-state index in [4.69, 9.17) is 5.73 Å². The molecule has 0 saturated carbocycles. The van der Waals surface area contributed by atoms with Gasteiger partial charge in [-0.3, -0.25) is 24.8 Å². The van der Waals surface area contributed by atoms with Crippen LogP contribution in [0.1, 0.15) is 5.69 Å². The van der Waals surface area contributed by atoms with Crippen molar-refractivity contribution in [3.63, 3.8) is 0 Å². The Labute approximate surface area is 92.4 Å². The highest BCUT2D eigenvalue weighted by Gasteiger charge is 2.22. The van der Waals surface area contributed by atoms with Gasteiger partial charge >= 0.3 is 0 Å². The smallest absolute Gasteiger partial charge is 0.240 e. The number of hydrogen-bond donors (Lipinski definition) is 2. The fourth-order valence-electron chi connectivity index (χ4n) is 1.62. The van der Waals surface area contributed by atoms with Gasteiger partial charge in [0.05, 0.1) is 18.8 Å². The van der Waals surface area contributed by atoms with Gasteiger partial charge in [-0.25, -0.2) is 0 Å². The Morgan fingerprint density at radius 2 is 2.06 bits per heavy atom. The summed E-state index contributed by atoms with van der Waals surface area (Å²) in [5.74, 6) is -0.555. The van der Waals surface area contributed by atoms with Crippen molar-refractivity contribution in [2.75, 3.05) is 18.8 Å². The largest absolute Gasteiger partial charge is 0.399 e. The first-order chi connectivity index (χ1) is 7.63. The van der Waals surface area contributed by atoms with Gasteiger partial charge in [0.1, 0.15) is 0 Å². The molecule has 2 amide bonds. The zero-order chi connectivity index (χ0) is 11.5. The number of imide groups is 1. The van der Waals surface area contributed by atoms with E-state index in [0.29, 0.717) is 12.2 Å². The van der Waals surface area contributed by atoms with Crippen LogP contribution in [0.2, 0.25) is 0 Å². The predicted octanol–water partition coefficient (Wildman–Crippen LogP) is -0.878. The second-order valence-electron chi connectivity index (χ2n) is 3.70. The highest BCUT2D eigenvalue weighted by molar-refractivity contribution is 5.99. The van der Waals surface area contributed by atoms with E-state index in [9.17, 15) is 9.59 Å². The van der Waals surface area contributed by atoms with E-state index in [1.54, 1.807) is 23.2 Å². The molecule has 2 rings (SSSR count). The van der Waals surface area contributed by atoms with Crippen LogP contribution in [0.4, 0.5) is 5.69 Å². The lowest BCUT2D eigenvalue weighted by Crippen LogP contribution is -2.50. The molecular formula is C10H12N4O2. The molecule has 0 atom stereocenters. The maximum atomic E-state index is 11.1. The quantitative estimate of drug-likeness (QED) is 0.632. The lowest BCUT2D eigenvalue weighted by molar-refractivity contribution is -0.136. The number of nitrogens with one attached hydrogen (secondary N) is 1. The third-order valence-electron chi connectivity index (χ3n) is 2.24. The monoisotopic (exact) mass is 220 g/mol. The number of carbonyl (C=O) groups is 2. The number of amides is 2. The van der Waals surface area contributed by atoms with Gasteiger partial charge in [0.2, 0.25) is 11.8 Å². The van der Waals surface area contributed by atoms with Crippen LogP contribution in [-0.4, -0.2) is 34.8 Å². The minimum atomic E-state index is -0.278. The molecule has 3 N–H and O–H groups in total. The highest BCUT2D eigenvalue weighted by atomic mass is 16.2. The van der Waals surface area contributed by atoms with Crippen molar-refractivity contribution in [3.05, 3.63) is 24.0 Å². The van der Waals surface area contributed by atoms with Gasteiger partial charge in [-0.2, -0.15) is 0 Å². The van der Waals surface area contributed by atoms with Crippen LogP contribution in [0.15, 0.2) is 18.3 Å². The molecule has 1 saturated heterocycles. The van der Waals surface area contributed by atoms with E-state index in [1.807, 2.05) is 0 Å². The van der Waals surface area contributed by atoms with E-state index in [-0.39, 0.29) is 24.9 Å². The first-order valence-electron chi connectivity index (χ1n) is 4.89. The van der Waals surface area contributed by atoms with Crippen LogP contribution >= 0.6 is 0 Å². The first-order valence-corrected chi connectivity index (χ1v) is 4.89. The molecular weight excluding hydrogens is 208 g/mol. The summed E-state index contributed by atoms with van der Waals surface area (Å²) in [4.78, 5) is 28.1. The molecule has 1 fully saturated rings.